The number of fused-ring (bicyclic) bond motifs is 1. The first-order valence-electron chi connectivity index (χ1n) is 6.01. The van der Waals surface area contributed by atoms with Crippen molar-refractivity contribution in [2.45, 2.75) is 0 Å². The van der Waals surface area contributed by atoms with E-state index in [0.717, 1.165) is 26.6 Å². The second-order valence-electron chi connectivity index (χ2n) is 4.50. The van der Waals surface area contributed by atoms with Gasteiger partial charge in [0.1, 0.15) is 5.69 Å². The van der Waals surface area contributed by atoms with Gasteiger partial charge in [-0.1, -0.05) is 18.2 Å². The number of benzene rings is 1. The molecule has 2 heterocycles. The molecule has 3 aromatic rings. The molecule has 4 nitrogen and oxygen atoms in total. The predicted octanol–water partition coefficient (Wildman–Crippen LogP) is 3.70. The van der Waals surface area contributed by atoms with Crippen molar-refractivity contribution < 1.29 is 9.90 Å². The van der Waals surface area contributed by atoms with Crippen LogP contribution < -0.4 is 0 Å². The molecule has 0 fully saturated rings. The van der Waals surface area contributed by atoms with Gasteiger partial charge in [-0.15, -0.1) is 0 Å². The highest BCUT2D eigenvalue weighted by atomic mass is 79.9. The zero-order valence-corrected chi connectivity index (χ0v) is 12.3. The second kappa shape index (κ2) is 4.76. The number of aromatic nitrogens is 2. The first-order chi connectivity index (χ1) is 9.58. The van der Waals surface area contributed by atoms with Crippen molar-refractivity contribution in [3.63, 3.8) is 0 Å². The maximum Gasteiger partial charge on any atom is 0.352 e. The first-order valence-corrected chi connectivity index (χ1v) is 6.81. The average Bonchev–Trinajstić information content (AvgIpc) is 2.79. The third-order valence-electron chi connectivity index (χ3n) is 3.29. The molecule has 3 rings (SSSR count). The van der Waals surface area contributed by atoms with Gasteiger partial charge in [-0.3, -0.25) is 4.98 Å². The number of para-hydroxylation sites is 1. The highest BCUT2D eigenvalue weighted by Crippen LogP contribution is 2.29. The molecule has 0 spiro atoms. The van der Waals surface area contributed by atoms with E-state index in [1.165, 1.54) is 0 Å². The van der Waals surface area contributed by atoms with Gasteiger partial charge in [0, 0.05) is 28.7 Å². The van der Waals surface area contributed by atoms with Crippen molar-refractivity contribution in [2.75, 3.05) is 0 Å². The number of hydrogen-bond donors (Lipinski definition) is 1. The van der Waals surface area contributed by atoms with Crippen molar-refractivity contribution in [3.8, 4) is 11.3 Å². The summed E-state index contributed by atoms with van der Waals surface area (Å²) in [6.07, 6.45) is 1.74. The number of carbonyl (C=O) groups is 1. The van der Waals surface area contributed by atoms with E-state index in [1.54, 1.807) is 23.9 Å². The van der Waals surface area contributed by atoms with E-state index in [0.29, 0.717) is 0 Å². The molecular formula is C15H11BrN2O2. The van der Waals surface area contributed by atoms with Gasteiger partial charge in [0.25, 0.3) is 0 Å². The lowest BCUT2D eigenvalue weighted by Crippen LogP contribution is -2.05. The van der Waals surface area contributed by atoms with Crippen LogP contribution in [0.1, 0.15) is 10.5 Å². The Morgan fingerprint density at radius 2 is 2.10 bits per heavy atom. The minimum absolute atomic E-state index is 0.258. The lowest BCUT2D eigenvalue weighted by atomic mass is 10.1. The molecule has 0 radical (unpaired) electrons. The summed E-state index contributed by atoms with van der Waals surface area (Å²) in [7, 11) is 1.75. The molecule has 20 heavy (non-hydrogen) atoms. The number of pyridine rings is 1. The summed E-state index contributed by atoms with van der Waals surface area (Å²) in [6.45, 7) is 0. The highest BCUT2D eigenvalue weighted by Gasteiger charge is 2.14. The van der Waals surface area contributed by atoms with Gasteiger partial charge < -0.3 is 9.67 Å². The zero-order chi connectivity index (χ0) is 14.3. The molecule has 5 heteroatoms. The standard InChI is InChI=1S/C15H11BrN2O2/c1-18-12(5-6-13(18)15(19)20)11-4-2-3-9-7-10(16)8-17-14(9)11/h2-8H,1H3,(H,19,20). The second-order valence-corrected chi connectivity index (χ2v) is 5.41. The number of hydrogen-bond acceptors (Lipinski definition) is 2. The molecule has 0 atom stereocenters. The zero-order valence-electron chi connectivity index (χ0n) is 10.7. The van der Waals surface area contributed by atoms with Crippen molar-refractivity contribution >= 4 is 32.8 Å². The molecule has 0 saturated heterocycles. The third-order valence-corrected chi connectivity index (χ3v) is 3.73. The molecule has 1 aromatic carbocycles. The van der Waals surface area contributed by atoms with Crippen LogP contribution in [0.25, 0.3) is 22.2 Å². The van der Waals surface area contributed by atoms with Crippen molar-refractivity contribution in [1.82, 2.24) is 9.55 Å². The smallest absolute Gasteiger partial charge is 0.352 e. The Morgan fingerprint density at radius 3 is 2.80 bits per heavy atom. The molecule has 1 N–H and O–H groups in total. The minimum atomic E-state index is -0.935. The summed E-state index contributed by atoms with van der Waals surface area (Å²) in [5, 5.41) is 10.1. The van der Waals surface area contributed by atoms with E-state index in [9.17, 15) is 4.79 Å². The van der Waals surface area contributed by atoms with Crippen molar-refractivity contribution in [3.05, 3.63) is 52.8 Å². The largest absolute Gasteiger partial charge is 0.477 e. The van der Waals surface area contributed by atoms with E-state index in [4.69, 9.17) is 5.11 Å². The Labute approximate surface area is 123 Å². The summed E-state index contributed by atoms with van der Waals surface area (Å²) in [4.78, 5) is 15.6. The molecule has 0 bridgehead atoms. The molecule has 100 valence electrons. The minimum Gasteiger partial charge on any atom is -0.477 e. The van der Waals surface area contributed by atoms with Crippen LogP contribution in [0.2, 0.25) is 0 Å². The van der Waals surface area contributed by atoms with Crippen molar-refractivity contribution in [1.29, 1.82) is 0 Å². The molecule has 0 aliphatic heterocycles. The Bertz CT molecular complexity index is 824. The summed E-state index contributed by atoms with van der Waals surface area (Å²) < 4.78 is 2.58. The molecule has 0 aliphatic carbocycles. The molecule has 0 saturated carbocycles. The number of rotatable bonds is 2. The van der Waals surface area contributed by atoms with Gasteiger partial charge in [0.2, 0.25) is 0 Å². The highest BCUT2D eigenvalue weighted by molar-refractivity contribution is 9.10. The average molecular weight is 331 g/mol. The van der Waals surface area contributed by atoms with Crippen LogP contribution in [-0.2, 0) is 7.05 Å². The van der Waals surface area contributed by atoms with Gasteiger partial charge in [0.15, 0.2) is 0 Å². The van der Waals surface area contributed by atoms with Gasteiger partial charge in [0.05, 0.1) is 11.2 Å². The fourth-order valence-electron chi connectivity index (χ4n) is 2.34. The Hall–Kier alpha value is -2.14. The summed E-state index contributed by atoms with van der Waals surface area (Å²) in [5.41, 5.74) is 2.87. The third kappa shape index (κ3) is 2.00. The first kappa shape index (κ1) is 12.9. The number of halogens is 1. The quantitative estimate of drug-likeness (QED) is 0.779. The number of carboxylic acids is 1. The fraction of sp³-hybridized carbons (Fsp3) is 0.0667. The predicted molar refractivity (Wildman–Crippen MR) is 80.8 cm³/mol. The number of aromatic carboxylic acids is 1. The molecule has 0 unspecified atom stereocenters. The SMILES string of the molecule is Cn1c(C(=O)O)ccc1-c1cccc2cc(Br)cnc12. The van der Waals surface area contributed by atoms with Crippen molar-refractivity contribution in [2.24, 2.45) is 7.05 Å². The van der Waals surface area contributed by atoms with Gasteiger partial charge in [-0.05, 0) is 34.1 Å². The lowest BCUT2D eigenvalue weighted by Gasteiger charge is -2.08. The van der Waals surface area contributed by atoms with E-state index < -0.39 is 5.97 Å². The van der Waals surface area contributed by atoms with Gasteiger partial charge in [-0.2, -0.15) is 0 Å². The van der Waals surface area contributed by atoms with Crippen LogP contribution in [0.15, 0.2) is 47.1 Å². The molecular weight excluding hydrogens is 320 g/mol. The number of nitrogens with zero attached hydrogens (tertiary/aromatic N) is 2. The van der Waals surface area contributed by atoms with Crippen LogP contribution in [0.4, 0.5) is 0 Å². The van der Waals surface area contributed by atoms with E-state index in [2.05, 4.69) is 20.9 Å². The van der Waals surface area contributed by atoms with E-state index in [-0.39, 0.29) is 5.69 Å². The summed E-state index contributed by atoms with van der Waals surface area (Å²) in [6, 6.07) is 11.3. The maximum atomic E-state index is 11.1. The van der Waals surface area contributed by atoms with Gasteiger partial charge in [-0.25, -0.2) is 4.79 Å². The van der Waals surface area contributed by atoms with Crippen LogP contribution in [0.5, 0.6) is 0 Å². The van der Waals surface area contributed by atoms with Crippen LogP contribution in [0, 0.1) is 0 Å². The van der Waals surface area contributed by atoms with E-state index in [1.807, 2.05) is 30.3 Å². The summed E-state index contributed by atoms with van der Waals surface area (Å²) in [5.74, 6) is -0.935. The Kier molecular flexibility index (Phi) is 3.06. The van der Waals surface area contributed by atoms with Crippen LogP contribution >= 0.6 is 15.9 Å². The van der Waals surface area contributed by atoms with Gasteiger partial charge >= 0.3 is 5.97 Å². The molecule has 0 aliphatic rings. The normalized spacial score (nSPS) is 10.9. The maximum absolute atomic E-state index is 11.1. The number of carboxylic acid groups (broad SMARTS) is 1. The van der Waals surface area contributed by atoms with Crippen LogP contribution in [0.3, 0.4) is 0 Å². The molecule has 0 amide bonds. The van der Waals surface area contributed by atoms with Crippen LogP contribution in [-0.4, -0.2) is 20.6 Å². The lowest BCUT2D eigenvalue weighted by molar-refractivity contribution is 0.0687. The summed E-state index contributed by atoms with van der Waals surface area (Å²) >= 11 is 3.41. The topological polar surface area (TPSA) is 55.1 Å². The fourth-order valence-corrected chi connectivity index (χ4v) is 2.69. The Balaban J connectivity index is 2.27. The Morgan fingerprint density at radius 1 is 1.30 bits per heavy atom. The van der Waals surface area contributed by atoms with E-state index >= 15 is 0 Å². The molecule has 2 aromatic heterocycles. The monoisotopic (exact) mass is 330 g/mol.